The molecule has 1 fully saturated rings. The van der Waals surface area contributed by atoms with E-state index in [-0.39, 0.29) is 0 Å². The quantitative estimate of drug-likeness (QED) is 0.825. The predicted molar refractivity (Wildman–Crippen MR) is 64.2 cm³/mol. The molecular weight excluding hydrogens is 198 g/mol. The number of nitrogens with one attached hydrogen (secondary N) is 1. The second kappa shape index (κ2) is 3.88. The van der Waals surface area contributed by atoms with Crippen LogP contribution in [0.2, 0.25) is 0 Å². The highest BCUT2D eigenvalue weighted by molar-refractivity contribution is 5.16. The summed E-state index contributed by atoms with van der Waals surface area (Å²) in [6.07, 6.45) is 8.80. The Hall–Kier alpha value is -0.830. The molecule has 3 rings (SSSR count). The van der Waals surface area contributed by atoms with Crippen LogP contribution in [-0.4, -0.2) is 16.1 Å². The van der Waals surface area contributed by atoms with Gasteiger partial charge in [0, 0.05) is 31.7 Å². The highest BCUT2D eigenvalue weighted by Crippen LogP contribution is 2.39. The van der Waals surface area contributed by atoms with Crippen molar-refractivity contribution in [2.24, 2.45) is 5.41 Å². The van der Waals surface area contributed by atoms with Crippen LogP contribution < -0.4 is 5.32 Å². The molecule has 0 aromatic carbocycles. The molecule has 0 spiro atoms. The van der Waals surface area contributed by atoms with E-state index in [0.29, 0.717) is 5.41 Å². The van der Waals surface area contributed by atoms with Crippen molar-refractivity contribution >= 4 is 0 Å². The predicted octanol–water partition coefficient (Wildman–Crippen LogP) is 2.11. The number of aromatic nitrogens is 2. The maximum atomic E-state index is 4.53. The van der Waals surface area contributed by atoms with Gasteiger partial charge in [-0.05, 0) is 18.3 Å². The number of imidazole rings is 1. The van der Waals surface area contributed by atoms with Gasteiger partial charge < -0.3 is 9.88 Å². The molecule has 2 aliphatic rings. The number of nitrogens with zero attached hydrogens (tertiary/aromatic N) is 2. The molecule has 0 unspecified atom stereocenters. The summed E-state index contributed by atoms with van der Waals surface area (Å²) < 4.78 is 2.42. The molecule has 1 aliphatic heterocycles. The van der Waals surface area contributed by atoms with E-state index >= 15 is 0 Å². The van der Waals surface area contributed by atoms with Gasteiger partial charge in [-0.15, -0.1) is 0 Å². The van der Waals surface area contributed by atoms with Gasteiger partial charge in [-0.3, -0.25) is 0 Å². The molecule has 1 aromatic heterocycles. The maximum Gasteiger partial charge on any atom is 0.0952 e. The fourth-order valence-corrected chi connectivity index (χ4v) is 3.23. The Kier molecular flexibility index (Phi) is 2.51. The normalized spacial score (nSPS) is 23.3. The zero-order valence-corrected chi connectivity index (χ0v) is 10.1. The smallest absolute Gasteiger partial charge is 0.0952 e. The Morgan fingerprint density at radius 1 is 1.44 bits per heavy atom. The summed E-state index contributed by atoms with van der Waals surface area (Å²) >= 11 is 0. The lowest BCUT2D eigenvalue weighted by molar-refractivity contribution is 0.277. The van der Waals surface area contributed by atoms with Crippen molar-refractivity contribution in [3.05, 3.63) is 17.7 Å². The van der Waals surface area contributed by atoms with Crippen LogP contribution in [0.5, 0.6) is 0 Å². The molecule has 0 atom stereocenters. The number of hydrogen-bond donors (Lipinski definition) is 1. The average Bonchev–Trinajstić information content (AvgIpc) is 2.87. The van der Waals surface area contributed by atoms with Crippen LogP contribution in [0.25, 0.3) is 0 Å². The van der Waals surface area contributed by atoms with Crippen LogP contribution >= 0.6 is 0 Å². The van der Waals surface area contributed by atoms with Gasteiger partial charge in [0.25, 0.3) is 0 Å². The molecule has 1 aromatic rings. The van der Waals surface area contributed by atoms with E-state index in [4.69, 9.17) is 0 Å². The molecule has 3 heteroatoms. The third-order valence-electron chi connectivity index (χ3n) is 4.23. The minimum Gasteiger partial charge on any atom is -0.334 e. The molecular formula is C13H21N3. The van der Waals surface area contributed by atoms with Gasteiger partial charge in [-0.25, -0.2) is 4.98 Å². The van der Waals surface area contributed by atoms with E-state index < -0.39 is 0 Å². The Bertz CT molecular complexity index is 375. The Labute approximate surface area is 97.3 Å². The SMILES string of the molecule is CC1(Cn2cnc3c2CCNC3)CCCC1. The van der Waals surface area contributed by atoms with E-state index in [1.165, 1.54) is 43.6 Å². The van der Waals surface area contributed by atoms with E-state index in [9.17, 15) is 0 Å². The van der Waals surface area contributed by atoms with Gasteiger partial charge in [0.15, 0.2) is 0 Å². The van der Waals surface area contributed by atoms with Crippen LogP contribution in [0.4, 0.5) is 0 Å². The number of rotatable bonds is 2. The summed E-state index contributed by atoms with van der Waals surface area (Å²) in [5, 5.41) is 3.38. The van der Waals surface area contributed by atoms with Crippen LogP contribution in [0.15, 0.2) is 6.33 Å². The second-order valence-electron chi connectivity index (χ2n) is 5.71. The lowest BCUT2D eigenvalue weighted by atomic mass is 9.88. The summed E-state index contributed by atoms with van der Waals surface area (Å²) in [4.78, 5) is 4.53. The third kappa shape index (κ3) is 1.77. The van der Waals surface area contributed by atoms with Crippen molar-refractivity contribution in [1.29, 1.82) is 0 Å². The minimum atomic E-state index is 0.527. The fraction of sp³-hybridized carbons (Fsp3) is 0.769. The molecule has 2 heterocycles. The lowest BCUT2D eigenvalue weighted by Crippen LogP contribution is -2.27. The maximum absolute atomic E-state index is 4.53. The second-order valence-corrected chi connectivity index (χ2v) is 5.71. The fourth-order valence-electron chi connectivity index (χ4n) is 3.23. The lowest BCUT2D eigenvalue weighted by Gasteiger charge is -2.26. The van der Waals surface area contributed by atoms with Crippen LogP contribution in [-0.2, 0) is 19.5 Å². The molecule has 3 nitrogen and oxygen atoms in total. The summed E-state index contributed by atoms with van der Waals surface area (Å²) in [6, 6.07) is 0. The molecule has 1 aliphatic carbocycles. The first-order valence-electron chi connectivity index (χ1n) is 6.50. The monoisotopic (exact) mass is 219 g/mol. The summed E-state index contributed by atoms with van der Waals surface area (Å²) in [5.74, 6) is 0. The Balaban J connectivity index is 1.81. The highest BCUT2D eigenvalue weighted by Gasteiger charge is 2.30. The first-order chi connectivity index (χ1) is 7.77. The van der Waals surface area contributed by atoms with Gasteiger partial charge in [-0.2, -0.15) is 0 Å². The van der Waals surface area contributed by atoms with Crippen LogP contribution in [0.3, 0.4) is 0 Å². The van der Waals surface area contributed by atoms with Gasteiger partial charge in [-0.1, -0.05) is 19.8 Å². The summed E-state index contributed by atoms with van der Waals surface area (Å²) in [5.41, 5.74) is 3.28. The standard InChI is InChI=1S/C13H21N3/c1-13(5-2-3-6-13)9-16-10-15-11-8-14-7-4-12(11)16/h10,14H,2-9H2,1H3. The summed E-state index contributed by atoms with van der Waals surface area (Å²) in [6.45, 7) is 5.68. The van der Waals surface area contributed by atoms with Crippen molar-refractivity contribution in [2.45, 2.75) is 52.1 Å². The van der Waals surface area contributed by atoms with Crippen molar-refractivity contribution in [3.8, 4) is 0 Å². The first-order valence-corrected chi connectivity index (χ1v) is 6.50. The van der Waals surface area contributed by atoms with Crippen molar-refractivity contribution < 1.29 is 0 Å². The minimum absolute atomic E-state index is 0.527. The van der Waals surface area contributed by atoms with Crippen LogP contribution in [0.1, 0.15) is 44.0 Å². The molecule has 16 heavy (non-hydrogen) atoms. The Morgan fingerprint density at radius 3 is 3.06 bits per heavy atom. The average molecular weight is 219 g/mol. The zero-order chi connectivity index (χ0) is 11.0. The molecule has 1 N–H and O–H groups in total. The largest absolute Gasteiger partial charge is 0.334 e. The molecule has 0 amide bonds. The highest BCUT2D eigenvalue weighted by atomic mass is 15.1. The van der Waals surface area contributed by atoms with Crippen molar-refractivity contribution in [3.63, 3.8) is 0 Å². The number of fused-ring (bicyclic) bond motifs is 1. The number of hydrogen-bond acceptors (Lipinski definition) is 2. The molecule has 0 bridgehead atoms. The van der Waals surface area contributed by atoms with Gasteiger partial charge in [0.1, 0.15) is 0 Å². The van der Waals surface area contributed by atoms with Gasteiger partial charge >= 0.3 is 0 Å². The first kappa shape index (κ1) is 10.3. The molecule has 0 radical (unpaired) electrons. The van der Waals surface area contributed by atoms with Crippen molar-refractivity contribution in [2.75, 3.05) is 6.54 Å². The topological polar surface area (TPSA) is 29.9 Å². The van der Waals surface area contributed by atoms with E-state index in [1.54, 1.807) is 0 Å². The van der Waals surface area contributed by atoms with E-state index in [1.807, 2.05) is 0 Å². The van der Waals surface area contributed by atoms with Crippen molar-refractivity contribution in [1.82, 2.24) is 14.9 Å². The summed E-state index contributed by atoms with van der Waals surface area (Å²) in [7, 11) is 0. The van der Waals surface area contributed by atoms with E-state index in [2.05, 4.69) is 28.1 Å². The van der Waals surface area contributed by atoms with Gasteiger partial charge in [0.05, 0.1) is 12.0 Å². The zero-order valence-electron chi connectivity index (χ0n) is 10.1. The molecule has 88 valence electrons. The van der Waals surface area contributed by atoms with Crippen LogP contribution in [0, 0.1) is 5.41 Å². The molecule has 1 saturated carbocycles. The van der Waals surface area contributed by atoms with E-state index in [0.717, 1.165) is 19.5 Å². The Morgan fingerprint density at radius 2 is 2.25 bits per heavy atom. The molecule has 0 saturated heterocycles. The third-order valence-corrected chi connectivity index (χ3v) is 4.23. The van der Waals surface area contributed by atoms with Gasteiger partial charge in [0.2, 0.25) is 0 Å².